The van der Waals surface area contributed by atoms with Crippen LogP contribution in [0.25, 0.3) is 0 Å². The normalized spacial score (nSPS) is 23.0. The van der Waals surface area contributed by atoms with E-state index in [0.29, 0.717) is 36.2 Å². The van der Waals surface area contributed by atoms with Crippen molar-refractivity contribution < 1.29 is 26.9 Å². The van der Waals surface area contributed by atoms with E-state index >= 15 is 0 Å². The molecule has 0 bridgehead atoms. The summed E-state index contributed by atoms with van der Waals surface area (Å²) in [5.41, 5.74) is 1.75. The molecule has 2 aliphatic heterocycles. The summed E-state index contributed by atoms with van der Waals surface area (Å²) in [4.78, 5) is 17.4. The zero-order valence-corrected chi connectivity index (χ0v) is 24.6. The van der Waals surface area contributed by atoms with Gasteiger partial charge in [0.2, 0.25) is 5.91 Å². The van der Waals surface area contributed by atoms with Gasteiger partial charge in [-0.15, -0.1) is 0 Å². The molecule has 2 heterocycles. The Morgan fingerprint density at radius 1 is 1.15 bits per heavy atom. The Bertz CT molecular complexity index is 1210. The van der Waals surface area contributed by atoms with Gasteiger partial charge in [-0.25, -0.2) is 0 Å². The Morgan fingerprint density at radius 2 is 1.92 bits per heavy atom. The van der Waals surface area contributed by atoms with Crippen molar-refractivity contribution in [1.82, 2.24) is 9.80 Å². The molecule has 8 nitrogen and oxygen atoms in total. The lowest BCUT2D eigenvalue weighted by molar-refractivity contribution is -0.185. The fraction of sp³-hybridized carbons (Fsp3) is 0.536. The van der Waals surface area contributed by atoms with Crippen LogP contribution in [0, 0.1) is 0 Å². The number of carbonyl (C=O) groups excluding carboxylic acids is 1. The highest BCUT2D eigenvalue weighted by atomic mass is 35.5. The average molecular weight is 600 g/mol. The topological polar surface area (TPSA) is 85.4 Å². The summed E-state index contributed by atoms with van der Waals surface area (Å²) in [7, 11) is -1.82. The molecule has 4 atom stereocenters. The van der Waals surface area contributed by atoms with Crippen LogP contribution >= 0.6 is 23.2 Å². The summed E-state index contributed by atoms with van der Waals surface area (Å²) < 4.78 is 40.8. The van der Waals surface area contributed by atoms with Crippen LogP contribution in [0.4, 0.5) is 0 Å². The van der Waals surface area contributed by atoms with Crippen molar-refractivity contribution in [3.8, 4) is 0 Å². The molecule has 39 heavy (non-hydrogen) atoms. The fourth-order valence-corrected chi connectivity index (χ4v) is 5.87. The molecule has 2 unspecified atom stereocenters. The first-order valence-corrected chi connectivity index (χ1v) is 15.8. The van der Waals surface area contributed by atoms with Crippen LogP contribution in [-0.2, 0) is 35.0 Å². The van der Waals surface area contributed by atoms with Crippen molar-refractivity contribution in [2.75, 3.05) is 39.6 Å². The van der Waals surface area contributed by atoms with Crippen LogP contribution in [0.3, 0.4) is 0 Å². The summed E-state index contributed by atoms with van der Waals surface area (Å²) in [5, 5.41) is 0.846. The molecule has 0 radical (unpaired) electrons. The molecule has 0 saturated carbocycles. The van der Waals surface area contributed by atoms with E-state index in [0.717, 1.165) is 36.6 Å². The summed E-state index contributed by atoms with van der Waals surface area (Å²) in [6, 6.07) is 14.5. The van der Waals surface area contributed by atoms with E-state index in [9.17, 15) is 13.2 Å². The lowest BCUT2D eigenvalue weighted by atomic mass is 10.0. The molecule has 0 aromatic heterocycles. The highest BCUT2D eigenvalue weighted by Gasteiger charge is 2.38. The number of hydrogen-bond acceptors (Lipinski definition) is 7. The predicted molar refractivity (Wildman–Crippen MR) is 151 cm³/mol. The molecule has 0 spiro atoms. The van der Waals surface area contributed by atoms with Crippen molar-refractivity contribution in [2.24, 2.45) is 0 Å². The third-order valence-corrected chi connectivity index (χ3v) is 8.54. The van der Waals surface area contributed by atoms with E-state index in [1.807, 2.05) is 30.3 Å². The van der Waals surface area contributed by atoms with Gasteiger partial charge in [0.25, 0.3) is 10.1 Å². The third kappa shape index (κ3) is 8.88. The number of amides is 1. The lowest BCUT2D eigenvalue weighted by Crippen LogP contribution is -2.43. The van der Waals surface area contributed by atoms with Crippen LogP contribution < -0.4 is 0 Å². The number of rotatable bonds is 11. The minimum absolute atomic E-state index is 0.0205. The summed E-state index contributed by atoms with van der Waals surface area (Å²) in [6.07, 6.45) is 4.39. The average Bonchev–Trinajstić information content (AvgIpc) is 3.29. The van der Waals surface area contributed by atoms with E-state index in [4.69, 9.17) is 36.9 Å². The second-order valence-corrected chi connectivity index (χ2v) is 12.7. The molecule has 0 aliphatic carbocycles. The van der Waals surface area contributed by atoms with Crippen molar-refractivity contribution in [3.05, 3.63) is 69.7 Å². The summed E-state index contributed by atoms with van der Waals surface area (Å²) >= 11 is 12.2. The maximum Gasteiger partial charge on any atom is 0.264 e. The molecule has 2 aromatic carbocycles. The second kappa shape index (κ2) is 13.8. The number of likely N-dealkylation sites (tertiary alicyclic amines) is 1. The molecule has 2 aliphatic rings. The monoisotopic (exact) mass is 598 g/mol. The zero-order valence-electron chi connectivity index (χ0n) is 22.3. The van der Waals surface area contributed by atoms with Gasteiger partial charge in [-0.05, 0) is 48.9 Å². The SMILES string of the molecule is CN(C(=O)Cc1ccc(Cl)c(Cl)c1)C(CN1C[C@H](OC2CCCCO2)C[C@H]1COS(C)(=O)=O)c1ccccc1. The van der Waals surface area contributed by atoms with Crippen LogP contribution in [0.1, 0.15) is 42.9 Å². The Morgan fingerprint density at radius 3 is 2.59 bits per heavy atom. The number of carbonyl (C=O) groups is 1. The molecular formula is C28H36Cl2N2O6S. The van der Waals surface area contributed by atoms with Gasteiger partial charge in [-0.1, -0.05) is 59.6 Å². The largest absolute Gasteiger partial charge is 0.353 e. The second-order valence-electron chi connectivity index (χ2n) is 10.2. The molecule has 214 valence electrons. The van der Waals surface area contributed by atoms with Gasteiger partial charge < -0.3 is 14.4 Å². The Kier molecular flexibility index (Phi) is 10.7. The first-order valence-electron chi connectivity index (χ1n) is 13.2. The minimum Gasteiger partial charge on any atom is -0.353 e. The van der Waals surface area contributed by atoms with Crippen molar-refractivity contribution >= 4 is 39.2 Å². The van der Waals surface area contributed by atoms with E-state index in [-0.39, 0.29) is 43.4 Å². The highest BCUT2D eigenvalue weighted by Crippen LogP contribution is 2.30. The molecule has 1 amide bonds. The van der Waals surface area contributed by atoms with Crippen molar-refractivity contribution in [3.63, 3.8) is 0 Å². The first-order chi connectivity index (χ1) is 18.6. The first kappa shape index (κ1) is 30.2. The number of halogens is 2. The zero-order chi connectivity index (χ0) is 28.0. The van der Waals surface area contributed by atoms with Crippen LogP contribution in [0.2, 0.25) is 10.0 Å². The number of likely N-dealkylation sites (N-methyl/N-ethyl adjacent to an activating group) is 1. The van der Waals surface area contributed by atoms with E-state index in [2.05, 4.69) is 4.90 Å². The van der Waals surface area contributed by atoms with E-state index in [1.165, 1.54) is 0 Å². The van der Waals surface area contributed by atoms with Gasteiger partial charge in [-0.2, -0.15) is 8.42 Å². The Balaban J connectivity index is 1.52. The minimum atomic E-state index is -3.61. The fourth-order valence-electron chi connectivity index (χ4n) is 5.14. The van der Waals surface area contributed by atoms with E-state index in [1.54, 1.807) is 30.1 Å². The standard InChI is InChI=1S/C28H36Cl2N2O6S/c1-31(27(33)15-20-11-12-24(29)25(30)14-20)26(21-8-4-3-5-9-21)18-32-17-23(38-28-10-6-7-13-36-28)16-22(32)19-37-39(2,34)35/h3-5,8-9,11-12,14,22-23,26,28H,6-7,10,13,15-19H2,1-2H3/t22-,23+,26?,28?/m0/s1. The van der Waals surface area contributed by atoms with Crippen molar-refractivity contribution in [1.29, 1.82) is 0 Å². The number of nitrogens with zero attached hydrogens (tertiary/aromatic N) is 2. The van der Waals surface area contributed by atoms with E-state index < -0.39 is 10.1 Å². The van der Waals surface area contributed by atoms with Gasteiger partial charge in [0, 0.05) is 32.8 Å². The molecule has 0 N–H and O–H groups in total. The Hall–Kier alpha value is -1.72. The molecule has 2 saturated heterocycles. The number of benzene rings is 2. The molecule has 2 fully saturated rings. The van der Waals surface area contributed by atoms with Gasteiger partial charge in [0.1, 0.15) is 0 Å². The van der Waals surface area contributed by atoms with Gasteiger partial charge >= 0.3 is 0 Å². The molecule has 11 heteroatoms. The highest BCUT2D eigenvalue weighted by molar-refractivity contribution is 7.85. The van der Waals surface area contributed by atoms with Gasteiger partial charge in [0.15, 0.2) is 6.29 Å². The summed E-state index contributed by atoms with van der Waals surface area (Å²) in [5.74, 6) is -0.0752. The molecule has 4 rings (SSSR count). The Labute approximate surface area is 241 Å². The molecule has 2 aromatic rings. The third-order valence-electron chi connectivity index (χ3n) is 7.24. The number of ether oxygens (including phenoxy) is 2. The van der Waals surface area contributed by atoms with Crippen molar-refractivity contribution in [2.45, 2.75) is 56.6 Å². The predicted octanol–water partition coefficient (Wildman–Crippen LogP) is 4.70. The van der Waals surface area contributed by atoms with Crippen LogP contribution in [0.15, 0.2) is 48.5 Å². The van der Waals surface area contributed by atoms with Crippen LogP contribution in [0.5, 0.6) is 0 Å². The van der Waals surface area contributed by atoms with Gasteiger partial charge in [-0.3, -0.25) is 13.9 Å². The summed E-state index contributed by atoms with van der Waals surface area (Å²) in [6.45, 7) is 1.77. The van der Waals surface area contributed by atoms with Gasteiger partial charge in [0.05, 0.1) is 41.5 Å². The maximum absolute atomic E-state index is 13.4. The van der Waals surface area contributed by atoms with Crippen LogP contribution in [-0.4, -0.2) is 82.2 Å². The smallest absolute Gasteiger partial charge is 0.264 e. The molecular weight excluding hydrogens is 563 g/mol. The maximum atomic E-state index is 13.4. The lowest BCUT2D eigenvalue weighted by Gasteiger charge is -2.34. The number of hydrogen-bond donors (Lipinski definition) is 0. The quantitative estimate of drug-likeness (QED) is 0.347.